The van der Waals surface area contributed by atoms with E-state index in [1.165, 1.54) is 12.1 Å². The van der Waals surface area contributed by atoms with Crippen molar-refractivity contribution in [1.82, 2.24) is 0 Å². The van der Waals surface area contributed by atoms with Crippen LogP contribution in [0.5, 0.6) is 0 Å². The van der Waals surface area contributed by atoms with E-state index in [1.54, 1.807) is 24.3 Å². The third kappa shape index (κ3) is 2.75. The first-order chi connectivity index (χ1) is 12.8. The number of benzene rings is 2. The lowest BCUT2D eigenvalue weighted by atomic mass is 10.1. The number of carbonyl (C=O) groups excluding carboxylic acids is 2. The smallest absolute Gasteiger partial charge is 0.271 e. The summed E-state index contributed by atoms with van der Waals surface area (Å²) in [6.07, 6.45) is -4.53. The number of hydrogen-bond donors (Lipinski definition) is 0. The predicted molar refractivity (Wildman–Crippen MR) is 90.0 cm³/mol. The minimum atomic E-state index is -4.53. The molecule has 0 aliphatic carbocycles. The fourth-order valence-corrected chi connectivity index (χ4v) is 3.15. The Bertz CT molecular complexity index is 956. The monoisotopic (exact) mass is 374 g/mol. The molecule has 0 unspecified atom stereocenters. The van der Waals surface area contributed by atoms with Crippen LogP contribution in [0, 0.1) is 6.92 Å². The first-order valence-corrected chi connectivity index (χ1v) is 8.09. The number of imide groups is 1. The normalized spacial score (nSPS) is 21.9. The van der Waals surface area contributed by atoms with Crippen LogP contribution in [0.2, 0.25) is 0 Å². The summed E-state index contributed by atoms with van der Waals surface area (Å²) in [5.74, 6) is -1.12. The summed E-state index contributed by atoms with van der Waals surface area (Å²) in [7, 11) is 0. The van der Waals surface area contributed by atoms with E-state index in [0.717, 1.165) is 27.6 Å². The van der Waals surface area contributed by atoms with Gasteiger partial charge >= 0.3 is 6.18 Å². The van der Waals surface area contributed by atoms with Gasteiger partial charge in [-0.05, 0) is 37.3 Å². The Balaban J connectivity index is 1.69. The third-order valence-electron chi connectivity index (χ3n) is 4.51. The van der Waals surface area contributed by atoms with Crippen molar-refractivity contribution in [2.24, 2.45) is 10.3 Å². The molecule has 0 bridgehead atoms. The van der Waals surface area contributed by atoms with E-state index in [9.17, 15) is 22.8 Å². The topological polar surface area (TPSA) is 65.3 Å². The second-order valence-electron chi connectivity index (χ2n) is 6.33. The average Bonchev–Trinajstić information content (AvgIpc) is 3.16. The molecule has 9 heteroatoms. The van der Waals surface area contributed by atoms with Gasteiger partial charge in [0, 0.05) is 0 Å². The molecule has 2 atom stereocenters. The van der Waals surface area contributed by atoms with Gasteiger partial charge in [0.15, 0.2) is 12.1 Å². The molecule has 6 nitrogen and oxygen atoms in total. The molecule has 0 N–H and O–H groups in total. The highest BCUT2D eigenvalue weighted by Crippen LogP contribution is 2.37. The summed E-state index contributed by atoms with van der Waals surface area (Å²) in [6, 6.07) is 9.04. The van der Waals surface area contributed by atoms with Gasteiger partial charge in [-0.2, -0.15) is 18.3 Å². The van der Waals surface area contributed by atoms with Crippen LogP contribution in [-0.2, 0) is 15.8 Å². The molecule has 27 heavy (non-hydrogen) atoms. The maximum absolute atomic E-state index is 13.0. The van der Waals surface area contributed by atoms with E-state index in [0.29, 0.717) is 5.69 Å². The van der Waals surface area contributed by atoms with Gasteiger partial charge in [0.05, 0.1) is 16.9 Å². The predicted octanol–water partition coefficient (Wildman–Crippen LogP) is 3.51. The van der Waals surface area contributed by atoms with Crippen LogP contribution in [0.3, 0.4) is 0 Å². The van der Waals surface area contributed by atoms with Crippen LogP contribution in [0.25, 0.3) is 0 Å². The highest BCUT2D eigenvalue weighted by Gasteiger charge is 2.55. The van der Waals surface area contributed by atoms with Gasteiger partial charge in [-0.1, -0.05) is 29.0 Å². The number of anilines is 2. The van der Waals surface area contributed by atoms with Crippen molar-refractivity contribution in [3.63, 3.8) is 0 Å². The minimum Gasteiger partial charge on any atom is -0.271 e. The molecule has 1 saturated heterocycles. The molecule has 2 amide bonds. The van der Waals surface area contributed by atoms with Crippen molar-refractivity contribution in [1.29, 1.82) is 0 Å². The molecule has 1 fully saturated rings. The van der Waals surface area contributed by atoms with Crippen LogP contribution in [-0.4, -0.2) is 23.9 Å². The highest BCUT2D eigenvalue weighted by atomic mass is 19.4. The number of hydrogen-bond acceptors (Lipinski definition) is 5. The number of rotatable bonds is 2. The summed E-state index contributed by atoms with van der Waals surface area (Å²) < 4.78 is 38.9. The lowest BCUT2D eigenvalue weighted by Gasteiger charge is -2.21. The van der Waals surface area contributed by atoms with Gasteiger partial charge in [0.1, 0.15) is 0 Å². The van der Waals surface area contributed by atoms with Crippen LogP contribution in [0.4, 0.5) is 24.5 Å². The minimum absolute atomic E-state index is 0.0491. The highest BCUT2D eigenvalue weighted by molar-refractivity contribution is 6.26. The Kier molecular flexibility index (Phi) is 3.76. The molecule has 2 aliphatic heterocycles. The van der Waals surface area contributed by atoms with Crippen LogP contribution < -0.4 is 9.91 Å². The van der Waals surface area contributed by atoms with Gasteiger partial charge in [-0.3, -0.25) is 9.59 Å². The van der Waals surface area contributed by atoms with E-state index < -0.39 is 35.6 Å². The second kappa shape index (κ2) is 5.90. The van der Waals surface area contributed by atoms with Crippen LogP contribution >= 0.6 is 0 Å². The fraction of sp³-hybridized carbons (Fsp3) is 0.222. The average molecular weight is 374 g/mol. The summed E-state index contributed by atoms with van der Waals surface area (Å²) >= 11 is 0. The Morgan fingerprint density at radius 3 is 2.33 bits per heavy atom. The summed E-state index contributed by atoms with van der Waals surface area (Å²) in [5.41, 5.74) is 0.534. The SMILES string of the molecule is Cc1ccc(N2C(=O)[C@@H]3N=NN(c4cccc(C(F)(F)F)c4)[C@H]3C2=O)cc1. The maximum Gasteiger partial charge on any atom is 0.416 e. The number of carbonyl (C=O) groups is 2. The molecule has 2 aliphatic rings. The zero-order valence-electron chi connectivity index (χ0n) is 14.0. The van der Waals surface area contributed by atoms with Gasteiger partial charge in [-0.15, -0.1) is 0 Å². The number of alkyl halides is 3. The molecule has 4 rings (SSSR count). The maximum atomic E-state index is 13.0. The van der Waals surface area contributed by atoms with Crippen molar-refractivity contribution in [2.75, 3.05) is 9.91 Å². The van der Waals surface area contributed by atoms with Crippen molar-refractivity contribution < 1.29 is 22.8 Å². The third-order valence-corrected chi connectivity index (χ3v) is 4.51. The Morgan fingerprint density at radius 2 is 1.67 bits per heavy atom. The summed E-state index contributed by atoms with van der Waals surface area (Å²) in [4.78, 5) is 26.5. The molecule has 0 spiro atoms. The standard InChI is InChI=1S/C18H13F3N4O2/c1-10-5-7-12(8-6-10)24-16(26)14-15(17(24)27)25(23-22-14)13-4-2-3-11(9-13)18(19,20)21/h2-9,14-15H,1H3/t14-,15-/m1/s1. The number of amides is 2. The van der Waals surface area contributed by atoms with Crippen molar-refractivity contribution in [2.45, 2.75) is 25.2 Å². The van der Waals surface area contributed by atoms with E-state index in [2.05, 4.69) is 10.3 Å². The van der Waals surface area contributed by atoms with Gasteiger partial charge < -0.3 is 0 Å². The number of nitrogens with zero attached hydrogens (tertiary/aromatic N) is 4. The quantitative estimate of drug-likeness (QED) is 0.756. The fourth-order valence-electron chi connectivity index (χ4n) is 3.15. The Morgan fingerprint density at radius 1 is 0.963 bits per heavy atom. The lowest BCUT2D eigenvalue weighted by molar-refractivity contribution is -0.137. The molecule has 2 heterocycles. The molecule has 2 aromatic rings. The molecular formula is C18H13F3N4O2. The Hall–Kier alpha value is -3.23. The van der Waals surface area contributed by atoms with E-state index in [4.69, 9.17) is 0 Å². The number of halogens is 3. The largest absolute Gasteiger partial charge is 0.416 e. The second-order valence-corrected chi connectivity index (χ2v) is 6.33. The van der Waals surface area contributed by atoms with Crippen molar-refractivity contribution >= 4 is 23.2 Å². The zero-order chi connectivity index (χ0) is 19.3. The Labute approximate surface area is 151 Å². The molecule has 0 aromatic heterocycles. The van der Waals surface area contributed by atoms with Gasteiger partial charge in [-0.25, -0.2) is 9.91 Å². The summed E-state index contributed by atoms with van der Waals surface area (Å²) in [6.45, 7) is 1.87. The molecule has 0 radical (unpaired) electrons. The molecule has 138 valence electrons. The van der Waals surface area contributed by atoms with Crippen molar-refractivity contribution in [3.05, 3.63) is 59.7 Å². The lowest BCUT2D eigenvalue weighted by Crippen LogP contribution is -2.40. The molecule has 2 aromatic carbocycles. The first-order valence-electron chi connectivity index (χ1n) is 8.09. The molecule has 0 saturated carbocycles. The van der Waals surface area contributed by atoms with E-state index in [1.807, 2.05) is 6.92 Å². The van der Waals surface area contributed by atoms with Crippen molar-refractivity contribution in [3.8, 4) is 0 Å². The van der Waals surface area contributed by atoms with E-state index >= 15 is 0 Å². The first kappa shape index (κ1) is 17.2. The molecular weight excluding hydrogens is 361 g/mol. The van der Waals surface area contributed by atoms with Gasteiger partial charge in [0.25, 0.3) is 11.8 Å². The summed E-state index contributed by atoms with van der Waals surface area (Å²) in [5, 5.41) is 8.69. The van der Waals surface area contributed by atoms with Gasteiger partial charge in [0.2, 0.25) is 0 Å². The number of fused-ring (bicyclic) bond motifs is 1. The van der Waals surface area contributed by atoms with Crippen LogP contribution in [0.1, 0.15) is 11.1 Å². The van der Waals surface area contributed by atoms with Crippen LogP contribution in [0.15, 0.2) is 58.9 Å². The van der Waals surface area contributed by atoms with E-state index in [-0.39, 0.29) is 5.69 Å². The number of aryl methyl sites for hydroxylation is 1. The zero-order valence-corrected chi connectivity index (χ0v) is 14.0.